The number of fused-ring (bicyclic) bond motifs is 2. The van der Waals surface area contributed by atoms with Crippen molar-refractivity contribution in [2.45, 2.75) is 52.4 Å². The van der Waals surface area contributed by atoms with Crippen molar-refractivity contribution in [3.05, 3.63) is 48.3 Å². The second-order valence-electron chi connectivity index (χ2n) is 9.50. The maximum Gasteiger partial charge on any atom is 0.249 e. The summed E-state index contributed by atoms with van der Waals surface area (Å²) in [6, 6.07) is 5.65. The Kier molecular flexibility index (Phi) is 5.36. The zero-order valence-corrected chi connectivity index (χ0v) is 20.3. The van der Waals surface area contributed by atoms with E-state index in [4.69, 9.17) is 4.98 Å². The first kappa shape index (κ1) is 23.0. The van der Waals surface area contributed by atoms with Crippen LogP contribution in [0.3, 0.4) is 0 Å². The molecule has 0 spiro atoms. The fraction of sp³-hybridized carbons (Fsp3) is 0.360. The first-order valence-corrected chi connectivity index (χ1v) is 11.5. The number of hydrogen-bond donors (Lipinski definition) is 2. The highest BCUT2D eigenvalue weighted by Gasteiger charge is 2.43. The lowest BCUT2D eigenvalue weighted by Gasteiger charge is -2.27. The average Bonchev–Trinajstić information content (AvgIpc) is 3.32. The van der Waals surface area contributed by atoms with Gasteiger partial charge in [0.2, 0.25) is 5.91 Å². The molecule has 0 unspecified atom stereocenters. The number of aryl methyl sites for hydroxylation is 2. The number of rotatable bonds is 6. The van der Waals surface area contributed by atoms with Crippen LogP contribution >= 0.6 is 0 Å². The van der Waals surface area contributed by atoms with E-state index in [1.807, 2.05) is 36.6 Å². The molecule has 0 saturated carbocycles. The minimum absolute atomic E-state index is 0.0290. The lowest BCUT2D eigenvalue weighted by atomic mass is 9.90. The summed E-state index contributed by atoms with van der Waals surface area (Å²) in [5, 5.41) is 6.01. The van der Waals surface area contributed by atoms with E-state index in [0.717, 1.165) is 16.7 Å². The molecule has 2 N–H and O–H groups in total. The molecule has 1 amide bonds. The summed E-state index contributed by atoms with van der Waals surface area (Å²) in [6.07, 6.45) is 5.01. The van der Waals surface area contributed by atoms with E-state index in [-0.39, 0.29) is 12.5 Å². The van der Waals surface area contributed by atoms with E-state index in [1.165, 1.54) is 20.2 Å². The molecule has 4 heterocycles. The fourth-order valence-electron chi connectivity index (χ4n) is 4.32. The highest BCUT2D eigenvalue weighted by atomic mass is 19.1. The van der Waals surface area contributed by atoms with Crippen LogP contribution in [0.25, 0.3) is 33.8 Å². The van der Waals surface area contributed by atoms with E-state index in [1.54, 1.807) is 19.3 Å². The van der Waals surface area contributed by atoms with Crippen molar-refractivity contribution in [1.29, 1.82) is 0 Å². The van der Waals surface area contributed by atoms with Gasteiger partial charge < -0.3 is 9.88 Å². The molecule has 1 atom stereocenters. The molecule has 4 aromatic rings. The number of amides is 1. The number of anilines is 1. The predicted molar refractivity (Wildman–Crippen MR) is 131 cm³/mol. The van der Waals surface area contributed by atoms with E-state index in [2.05, 4.69) is 30.6 Å². The largest absolute Gasteiger partial charge is 0.324 e. The number of hydrogen-bond acceptors (Lipinski definition) is 7. The molecule has 1 aromatic carbocycles. The minimum Gasteiger partial charge on any atom is -0.324 e. The van der Waals surface area contributed by atoms with Gasteiger partial charge in [-0.1, -0.05) is 6.07 Å². The van der Waals surface area contributed by atoms with Gasteiger partial charge in [-0.3, -0.25) is 10.1 Å². The molecule has 10 heteroatoms. The zero-order chi connectivity index (χ0) is 25.0. The Balaban J connectivity index is 1.63. The average molecular weight is 475 g/mol. The molecule has 0 aliphatic carbocycles. The second kappa shape index (κ2) is 8.16. The molecule has 0 radical (unpaired) electrons. The third-order valence-electron chi connectivity index (χ3n) is 6.28. The number of benzene rings is 1. The third kappa shape index (κ3) is 3.93. The highest BCUT2D eigenvalue weighted by molar-refractivity contribution is 6.06. The number of aromatic nitrogens is 6. The first-order chi connectivity index (χ1) is 16.6. The van der Waals surface area contributed by atoms with Gasteiger partial charge in [-0.25, -0.2) is 29.3 Å². The zero-order valence-electron chi connectivity index (χ0n) is 20.3. The topological polar surface area (TPSA) is 111 Å². The van der Waals surface area contributed by atoms with E-state index < -0.39 is 11.2 Å². The summed E-state index contributed by atoms with van der Waals surface area (Å²) in [4.78, 5) is 35.4. The molecule has 3 aromatic heterocycles. The van der Waals surface area contributed by atoms with Gasteiger partial charge in [0.1, 0.15) is 40.4 Å². The van der Waals surface area contributed by atoms with E-state index >= 15 is 0 Å². The molecular weight excluding hydrogens is 447 g/mol. The summed E-state index contributed by atoms with van der Waals surface area (Å²) < 4.78 is 16.2. The SMILES string of the molecule is CCn1c(-c2cnc(C)nc2)nc2c(-c3ccc4c(c3)[C@](C)(NCC(C)(C)F)C(=O)N4)ncnc21. The molecule has 0 saturated heterocycles. The van der Waals surface area contributed by atoms with Crippen molar-refractivity contribution in [3.8, 4) is 22.6 Å². The summed E-state index contributed by atoms with van der Waals surface area (Å²) in [5.74, 6) is 1.17. The number of alkyl halides is 1. The molecular formula is C25H27FN8O. The molecule has 1 aliphatic rings. The fourth-order valence-corrected chi connectivity index (χ4v) is 4.32. The molecule has 9 nitrogen and oxygen atoms in total. The summed E-state index contributed by atoms with van der Waals surface area (Å²) in [7, 11) is 0. The van der Waals surface area contributed by atoms with Gasteiger partial charge in [-0.05, 0) is 46.8 Å². The lowest BCUT2D eigenvalue weighted by molar-refractivity contribution is -0.121. The second-order valence-corrected chi connectivity index (χ2v) is 9.50. The Morgan fingerprint density at radius 1 is 1.14 bits per heavy atom. The van der Waals surface area contributed by atoms with Crippen molar-refractivity contribution in [2.24, 2.45) is 0 Å². The Bertz CT molecular complexity index is 1440. The predicted octanol–water partition coefficient (Wildman–Crippen LogP) is 3.78. The Morgan fingerprint density at radius 3 is 2.57 bits per heavy atom. The minimum atomic E-state index is -1.47. The maximum atomic E-state index is 14.2. The smallest absolute Gasteiger partial charge is 0.249 e. The summed E-state index contributed by atoms with van der Waals surface area (Å²) in [6.45, 7) is 9.26. The van der Waals surface area contributed by atoms with Crippen LogP contribution in [0.5, 0.6) is 0 Å². The van der Waals surface area contributed by atoms with Gasteiger partial charge in [-0.2, -0.15) is 0 Å². The van der Waals surface area contributed by atoms with E-state index in [0.29, 0.717) is 40.7 Å². The number of halogens is 1. The number of imidazole rings is 1. The van der Waals surface area contributed by atoms with Crippen LogP contribution in [-0.4, -0.2) is 47.6 Å². The van der Waals surface area contributed by atoms with Crippen LogP contribution < -0.4 is 10.6 Å². The van der Waals surface area contributed by atoms with Crippen LogP contribution in [0.4, 0.5) is 10.1 Å². The van der Waals surface area contributed by atoms with Crippen LogP contribution in [0.1, 0.15) is 39.1 Å². The molecule has 180 valence electrons. The molecule has 1 aliphatic heterocycles. The standard InChI is InChI=1S/C25H27FN8O/c1-6-34-21(16-10-27-14(2)28-11-16)33-20-19(29-13-30-22(20)34)15-7-8-18-17(9-15)25(5,23(35)32-18)31-12-24(3,4)26/h7-11,13,31H,6,12H2,1-5H3,(H,32,35)/t25-/m0/s1. The van der Waals surface area contributed by atoms with Crippen molar-refractivity contribution >= 4 is 22.8 Å². The molecule has 35 heavy (non-hydrogen) atoms. The van der Waals surface area contributed by atoms with Gasteiger partial charge >= 0.3 is 0 Å². The summed E-state index contributed by atoms with van der Waals surface area (Å²) in [5.41, 5.74) is 2.43. The summed E-state index contributed by atoms with van der Waals surface area (Å²) >= 11 is 0. The first-order valence-electron chi connectivity index (χ1n) is 11.5. The Labute approximate surface area is 202 Å². The third-order valence-corrected chi connectivity index (χ3v) is 6.28. The number of carbonyl (C=O) groups is 1. The van der Waals surface area contributed by atoms with Crippen molar-refractivity contribution in [3.63, 3.8) is 0 Å². The van der Waals surface area contributed by atoms with Gasteiger partial charge in [0.15, 0.2) is 5.65 Å². The highest BCUT2D eigenvalue weighted by Crippen LogP contribution is 2.39. The van der Waals surface area contributed by atoms with E-state index in [9.17, 15) is 9.18 Å². The molecule has 5 rings (SSSR count). The number of nitrogens with zero attached hydrogens (tertiary/aromatic N) is 6. The Hall–Kier alpha value is -3.79. The van der Waals surface area contributed by atoms with Crippen LogP contribution in [-0.2, 0) is 16.9 Å². The van der Waals surface area contributed by atoms with Crippen LogP contribution in [0.15, 0.2) is 36.9 Å². The van der Waals surface area contributed by atoms with Gasteiger partial charge in [0, 0.05) is 42.3 Å². The molecule has 0 fully saturated rings. The molecule has 0 bridgehead atoms. The quantitative estimate of drug-likeness (QED) is 0.437. The van der Waals surface area contributed by atoms with Crippen LogP contribution in [0, 0.1) is 6.92 Å². The number of carbonyl (C=O) groups excluding carboxylic acids is 1. The Morgan fingerprint density at radius 2 is 1.89 bits per heavy atom. The van der Waals surface area contributed by atoms with Crippen molar-refractivity contribution in [2.75, 3.05) is 11.9 Å². The lowest BCUT2D eigenvalue weighted by Crippen LogP contribution is -2.49. The monoisotopic (exact) mass is 474 g/mol. The maximum absolute atomic E-state index is 14.2. The van der Waals surface area contributed by atoms with Crippen molar-refractivity contribution in [1.82, 2.24) is 34.8 Å². The van der Waals surface area contributed by atoms with Gasteiger partial charge in [0.05, 0.1) is 5.56 Å². The van der Waals surface area contributed by atoms with Crippen LogP contribution in [0.2, 0.25) is 0 Å². The van der Waals surface area contributed by atoms with Crippen molar-refractivity contribution < 1.29 is 9.18 Å². The van der Waals surface area contributed by atoms with Gasteiger partial charge in [-0.15, -0.1) is 0 Å². The normalized spacial score (nSPS) is 17.6. The number of nitrogens with one attached hydrogen (secondary N) is 2. The van der Waals surface area contributed by atoms with Gasteiger partial charge in [0.25, 0.3) is 0 Å².